The van der Waals surface area contributed by atoms with Gasteiger partial charge in [0.1, 0.15) is 0 Å². The Balaban J connectivity index is 1.71. The number of nitrogens with zero attached hydrogens (tertiary/aromatic N) is 2. The lowest BCUT2D eigenvalue weighted by Crippen LogP contribution is -2.16. The third-order valence-corrected chi connectivity index (χ3v) is 4.67. The molecule has 2 aromatic carbocycles. The van der Waals surface area contributed by atoms with Crippen LogP contribution in [-0.4, -0.2) is 30.9 Å². The maximum Gasteiger partial charge on any atom is 0.257 e. The van der Waals surface area contributed by atoms with Crippen molar-refractivity contribution >= 4 is 28.9 Å². The van der Waals surface area contributed by atoms with E-state index in [0.29, 0.717) is 22.5 Å². The molecule has 0 aliphatic heterocycles. The Morgan fingerprint density at radius 2 is 1.31 bits per heavy atom. The molecule has 3 rings (SSSR count). The molecule has 3 aromatic rings. The van der Waals surface area contributed by atoms with Crippen molar-refractivity contribution in [3.8, 4) is 0 Å². The maximum atomic E-state index is 12.6. The average molecular weight is 388 g/mol. The maximum absolute atomic E-state index is 12.6. The van der Waals surface area contributed by atoms with Crippen LogP contribution in [0.3, 0.4) is 0 Å². The van der Waals surface area contributed by atoms with Crippen LogP contribution < -0.4 is 15.5 Å². The lowest BCUT2D eigenvalue weighted by Gasteiger charge is -2.13. The topological polar surface area (TPSA) is 74.3 Å². The van der Waals surface area contributed by atoms with E-state index in [9.17, 15) is 9.59 Å². The first-order valence-electron chi connectivity index (χ1n) is 9.26. The van der Waals surface area contributed by atoms with Gasteiger partial charge in [-0.2, -0.15) is 0 Å². The number of amides is 2. The monoisotopic (exact) mass is 388 g/mol. The van der Waals surface area contributed by atoms with E-state index < -0.39 is 0 Å². The quantitative estimate of drug-likeness (QED) is 0.685. The first kappa shape index (κ1) is 20.1. The van der Waals surface area contributed by atoms with Gasteiger partial charge in [0.05, 0.1) is 11.1 Å². The Hall–Kier alpha value is -3.67. The van der Waals surface area contributed by atoms with E-state index in [1.54, 1.807) is 0 Å². The van der Waals surface area contributed by atoms with Crippen LogP contribution in [-0.2, 0) is 0 Å². The molecule has 2 N–H and O–H groups in total. The minimum atomic E-state index is -0.323. The molecule has 0 atom stereocenters. The van der Waals surface area contributed by atoms with Crippen molar-refractivity contribution in [2.75, 3.05) is 29.6 Å². The molecule has 0 fully saturated rings. The molecule has 1 aromatic heterocycles. The molecule has 2 amide bonds. The molecule has 0 aliphatic carbocycles. The normalized spacial score (nSPS) is 10.3. The molecule has 0 spiro atoms. The fourth-order valence-electron chi connectivity index (χ4n) is 2.76. The summed E-state index contributed by atoms with van der Waals surface area (Å²) in [6.45, 7) is 4.00. The smallest absolute Gasteiger partial charge is 0.257 e. The summed E-state index contributed by atoms with van der Waals surface area (Å²) in [5.41, 5.74) is 5.29. The van der Waals surface area contributed by atoms with E-state index in [1.165, 1.54) is 18.5 Å². The number of rotatable bonds is 5. The van der Waals surface area contributed by atoms with Crippen molar-refractivity contribution in [2.45, 2.75) is 13.8 Å². The lowest BCUT2D eigenvalue weighted by atomic mass is 10.1. The third kappa shape index (κ3) is 4.99. The van der Waals surface area contributed by atoms with Crippen LogP contribution in [0.5, 0.6) is 0 Å². The van der Waals surface area contributed by atoms with E-state index in [4.69, 9.17) is 0 Å². The molecule has 0 saturated carbocycles. The largest absolute Gasteiger partial charge is 0.378 e. The van der Waals surface area contributed by atoms with E-state index in [0.717, 1.165) is 16.8 Å². The van der Waals surface area contributed by atoms with Crippen LogP contribution >= 0.6 is 0 Å². The first-order chi connectivity index (χ1) is 13.8. The predicted molar refractivity (Wildman–Crippen MR) is 117 cm³/mol. The highest BCUT2D eigenvalue weighted by Crippen LogP contribution is 2.18. The second-order valence-corrected chi connectivity index (χ2v) is 7.11. The van der Waals surface area contributed by atoms with E-state index in [-0.39, 0.29) is 11.8 Å². The van der Waals surface area contributed by atoms with E-state index in [2.05, 4.69) is 15.6 Å². The van der Waals surface area contributed by atoms with E-state index in [1.807, 2.05) is 75.3 Å². The van der Waals surface area contributed by atoms with Crippen molar-refractivity contribution < 1.29 is 9.59 Å². The van der Waals surface area contributed by atoms with Crippen LogP contribution in [0.4, 0.5) is 17.1 Å². The zero-order chi connectivity index (χ0) is 21.0. The molecule has 6 heteroatoms. The van der Waals surface area contributed by atoms with Gasteiger partial charge in [-0.1, -0.05) is 6.07 Å². The molecule has 6 nitrogen and oxygen atoms in total. The summed E-state index contributed by atoms with van der Waals surface area (Å²) in [6, 6.07) is 14.7. The number of anilines is 3. The van der Waals surface area contributed by atoms with Crippen molar-refractivity contribution in [3.05, 3.63) is 83.2 Å². The second kappa shape index (κ2) is 8.56. The standard InChI is InChI=1S/C23H24N4O2/c1-15-5-6-20(11-16(15)2)26-23(29)18-12-17(13-24-14-18)22(28)25-19-7-9-21(10-8-19)27(3)4/h5-14H,1-4H3,(H,25,28)(H,26,29). The van der Waals surface area contributed by atoms with Crippen molar-refractivity contribution in [2.24, 2.45) is 0 Å². The van der Waals surface area contributed by atoms with Gasteiger partial charge < -0.3 is 15.5 Å². The van der Waals surface area contributed by atoms with Gasteiger partial charge in [-0.25, -0.2) is 0 Å². The van der Waals surface area contributed by atoms with Crippen LogP contribution in [0.25, 0.3) is 0 Å². The molecule has 0 saturated heterocycles. The van der Waals surface area contributed by atoms with Crippen LogP contribution in [0, 0.1) is 13.8 Å². The molecule has 29 heavy (non-hydrogen) atoms. The van der Waals surface area contributed by atoms with Crippen LogP contribution in [0.1, 0.15) is 31.8 Å². The number of pyridine rings is 1. The lowest BCUT2D eigenvalue weighted by molar-refractivity contribution is 0.102. The average Bonchev–Trinajstić information content (AvgIpc) is 2.71. The molecular formula is C23H24N4O2. The summed E-state index contributed by atoms with van der Waals surface area (Å²) in [5.74, 6) is -0.637. The van der Waals surface area contributed by atoms with E-state index >= 15 is 0 Å². The highest BCUT2D eigenvalue weighted by Gasteiger charge is 2.12. The summed E-state index contributed by atoms with van der Waals surface area (Å²) >= 11 is 0. The predicted octanol–water partition coefficient (Wildman–Crippen LogP) is 4.27. The number of carbonyl (C=O) groups is 2. The Morgan fingerprint density at radius 3 is 1.86 bits per heavy atom. The Morgan fingerprint density at radius 1 is 0.759 bits per heavy atom. The number of aromatic nitrogens is 1. The van der Waals surface area contributed by atoms with Gasteiger partial charge in [0.2, 0.25) is 0 Å². The van der Waals surface area contributed by atoms with Gasteiger partial charge in [-0.15, -0.1) is 0 Å². The number of hydrogen-bond donors (Lipinski definition) is 2. The second-order valence-electron chi connectivity index (χ2n) is 7.11. The number of hydrogen-bond acceptors (Lipinski definition) is 4. The number of carbonyl (C=O) groups excluding carboxylic acids is 2. The summed E-state index contributed by atoms with van der Waals surface area (Å²) < 4.78 is 0. The van der Waals surface area contributed by atoms with Gasteiger partial charge in [-0.3, -0.25) is 14.6 Å². The van der Waals surface area contributed by atoms with Gasteiger partial charge in [0, 0.05) is 43.6 Å². The molecule has 0 unspecified atom stereocenters. The fourth-order valence-corrected chi connectivity index (χ4v) is 2.76. The summed E-state index contributed by atoms with van der Waals surface area (Å²) in [5, 5.41) is 5.67. The fraction of sp³-hybridized carbons (Fsp3) is 0.174. The molecule has 0 radical (unpaired) electrons. The van der Waals surface area contributed by atoms with Gasteiger partial charge >= 0.3 is 0 Å². The molecular weight excluding hydrogens is 364 g/mol. The Bertz CT molecular complexity index is 1040. The van der Waals surface area contributed by atoms with Crippen molar-refractivity contribution in [3.63, 3.8) is 0 Å². The number of aryl methyl sites for hydroxylation is 2. The van der Waals surface area contributed by atoms with Gasteiger partial charge in [-0.05, 0) is 67.4 Å². The number of nitrogens with one attached hydrogen (secondary N) is 2. The highest BCUT2D eigenvalue weighted by atomic mass is 16.2. The van der Waals surface area contributed by atoms with Crippen LogP contribution in [0.2, 0.25) is 0 Å². The molecule has 1 heterocycles. The summed E-state index contributed by atoms with van der Waals surface area (Å²) in [4.78, 5) is 31.1. The SMILES string of the molecule is Cc1ccc(NC(=O)c2cncc(C(=O)Nc3ccc(N(C)C)cc3)c2)cc1C. The zero-order valence-electron chi connectivity index (χ0n) is 17.0. The van der Waals surface area contributed by atoms with Gasteiger partial charge in [0.15, 0.2) is 0 Å². The Labute approximate surface area is 170 Å². The first-order valence-corrected chi connectivity index (χ1v) is 9.26. The summed E-state index contributed by atoms with van der Waals surface area (Å²) in [6.07, 6.45) is 2.88. The molecule has 0 bridgehead atoms. The van der Waals surface area contributed by atoms with Crippen LogP contribution in [0.15, 0.2) is 60.9 Å². The van der Waals surface area contributed by atoms with Crippen molar-refractivity contribution in [1.82, 2.24) is 4.98 Å². The minimum Gasteiger partial charge on any atom is -0.378 e. The van der Waals surface area contributed by atoms with Gasteiger partial charge in [0.25, 0.3) is 11.8 Å². The highest BCUT2D eigenvalue weighted by molar-refractivity contribution is 6.08. The number of benzene rings is 2. The summed E-state index contributed by atoms with van der Waals surface area (Å²) in [7, 11) is 3.90. The third-order valence-electron chi connectivity index (χ3n) is 4.67. The Kier molecular flexibility index (Phi) is 5.93. The van der Waals surface area contributed by atoms with Crippen molar-refractivity contribution in [1.29, 1.82) is 0 Å². The molecule has 0 aliphatic rings. The zero-order valence-corrected chi connectivity index (χ0v) is 17.0. The molecule has 148 valence electrons. The minimum absolute atomic E-state index is 0.314.